The fraction of sp³-hybridized carbons (Fsp3) is 0.500. The first-order valence-corrected chi connectivity index (χ1v) is 8.12. The molecule has 0 aliphatic rings. The summed E-state index contributed by atoms with van der Waals surface area (Å²) in [5.74, 6) is -0.837. The van der Waals surface area contributed by atoms with Crippen molar-refractivity contribution in [2.75, 3.05) is 6.54 Å². The average molecular weight is 406 g/mol. The molecule has 0 aliphatic carbocycles. The minimum Gasteiger partial charge on any atom is -0.320 e. The quantitative estimate of drug-likeness (QED) is 0.732. The van der Waals surface area contributed by atoms with Gasteiger partial charge in [-0.3, -0.25) is 4.79 Å². The van der Waals surface area contributed by atoms with E-state index >= 15 is 0 Å². The maximum absolute atomic E-state index is 13.6. The second kappa shape index (κ2) is 8.49. The topological polar surface area (TPSA) is 70.1 Å². The van der Waals surface area contributed by atoms with Crippen LogP contribution in [0.25, 0.3) is 0 Å². The van der Waals surface area contributed by atoms with Crippen LogP contribution in [0.4, 0.5) is 13.2 Å². The van der Waals surface area contributed by atoms with Crippen LogP contribution in [0.1, 0.15) is 31.9 Å². The number of nitrogens with two attached hydrogens (primary N) is 1. The van der Waals surface area contributed by atoms with Crippen LogP contribution < -0.4 is 5.73 Å². The first-order chi connectivity index (χ1) is 11.1. The van der Waals surface area contributed by atoms with Gasteiger partial charge in [-0.2, -0.15) is 18.4 Å². The Hall–Kier alpha value is -1.59. The molecule has 4 nitrogen and oxygen atoms in total. The molecule has 24 heavy (non-hydrogen) atoms. The van der Waals surface area contributed by atoms with Gasteiger partial charge in [0.05, 0.1) is 12.1 Å². The van der Waals surface area contributed by atoms with Crippen LogP contribution >= 0.6 is 15.9 Å². The summed E-state index contributed by atoms with van der Waals surface area (Å²) in [6, 6.07) is 3.90. The van der Waals surface area contributed by atoms with Crippen LogP contribution in [-0.4, -0.2) is 29.6 Å². The molecule has 0 saturated carbocycles. The highest BCUT2D eigenvalue weighted by Gasteiger charge is 2.47. The molecule has 1 aromatic carbocycles. The van der Waals surface area contributed by atoms with Gasteiger partial charge in [0.15, 0.2) is 6.04 Å². The van der Waals surface area contributed by atoms with Crippen molar-refractivity contribution in [2.24, 2.45) is 11.7 Å². The van der Waals surface area contributed by atoms with E-state index in [1.807, 2.05) is 13.8 Å². The zero-order chi connectivity index (χ0) is 18.5. The van der Waals surface area contributed by atoms with Gasteiger partial charge in [0.1, 0.15) is 6.54 Å². The minimum atomic E-state index is -4.73. The number of benzene rings is 1. The van der Waals surface area contributed by atoms with Gasteiger partial charge in [-0.1, -0.05) is 41.9 Å². The van der Waals surface area contributed by atoms with Crippen LogP contribution in [0.5, 0.6) is 0 Å². The number of alkyl halides is 3. The fourth-order valence-corrected chi connectivity index (χ4v) is 2.83. The van der Waals surface area contributed by atoms with Gasteiger partial charge in [-0.05, 0) is 30.0 Å². The molecule has 2 atom stereocenters. The Balaban J connectivity index is 3.29. The van der Waals surface area contributed by atoms with Gasteiger partial charge < -0.3 is 10.6 Å². The van der Waals surface area contributed by atoms with E-state index in [0.29, 0.717) is 9.37 Å². The van der Waals surface area contributed by atoms with Crippen LogP contribution in [0.15, 0.2) is 28.7 Å². The van der Waals surface area contributed by atoms with E-state index in [0.717, 1.165) is 0 Å². The lowest BCUT2D eigenvalue weighted by Crippen LogP contribution is -2.49. The van der Waals surface area contributed by atoms with Gasteiger partial charge in [0.2, 0.25) is 5.91 Å². The van der Waals surface area contributed by atoms with Gasteiger partial charge in [0, 0.05) is 4.47 Å². The number of hydrogen-bond acceptors (Lipinski definition) is 3. The Kier molecular flexibility index (Phi) is 7.24. The van der Waals surface area contributed by atoms with Crippen molar-refractivity contribution in [3.8, 4) is 6.07 Å². The number of nitriles is 1. The van der Waals surface area contributed by atoms with Crippen molar-refractivity contribution in [2.45, 2.75) is 38.5 Å². The monoisotopic (exact) mass is 405 g/mol. The summed E-state index contributed by atoms with van der Waals surface area (Å²) in [7, 11) is 0. The number of rotatable bonds is 6. The molecule has 0 radical (unpaired) electrons. The van der Waals surface area contributed by atoms with Gasteiger partial charge >= 0.3 is 6.18 Å². The summed E-state index contributed by atoms with van der Waals surface area (Å²) in [6.45, 7) is 2.94. The van der Waals surface area contributed by atoms with Crippen LogP contribution in [0, 0.1) is 17.2 Å². The molecular formula is C16H19BrF3N3O. The van der Waals surface area contributed by atoms with Crippen molar-refractivity contribution < 1.29 is 18.0 Å². The molecule has 1 unspecified atom stereocenters. The molecule has 1 amide bonds. The smallest absolute Gasteiger partial charge is 0.320 e. The van der Waals surface area contributed by atoms with E-state index in [1.54, 1.807) is 12.1 Å². The lowest BCUT2D eigenvalue weighted by atomic mass is 10.00. The summed E-state index contributed by atoms with van der Waals surface area (Å²) >= 11 is 3.12. The van der Waals surface area contributed by atoms with Crippen LogP contribution in [0.2, 0.25) is 0 Å². The van der Waals surface area contributed by atoms with Crippen LogP contribution in [0.3, 0.4) is 0 Å². The zero-order valence-electron chi connectivity index (χ0n) is 13.3. The second-order valence-corrected chi connectivity index (χ2v) is 6.78. The number of carbonyl (C=O) groups is 1. The lowest BCUT2D eigenvalue weighted by Gasteiger charge is -2.33. The maximum Gasteiger partial charge on any atom is 0.413 e. The molecule has 0 saturated heterocycles. The van der Waals surface area contributed by atoms with Crippen LogP contribution in [-0.2, 0) is 4.79 Å². The number of carbonyl (C=O) groups excluding carboxylic acids is 1. The summed E-state index contributed by atoms with van der Waals surface area (Å²) in [5.41, 5.74) is 5.63. The number of halogens is 4. The molecule has 2 N–H and O–H groups in total. The van der Waals surface area contributed by atoms with Crippen molar-refractivity contribution in [3.05, 3.63) is 34.3 Å². The minimum absolute atomic E-state index is 0.0445. The predicted molar refractivity (Wildman–Crippen MR) is 87.7 cm³/mol. The molecule has 0 heterocycles. The molecule has 8 heteroatoms. The average Bonchev–Trinajstić information content (AvgIpc) is 2.44. The molecule has 0 bridgehead atoms. The molecule has 0 aromatic heterocycles. The van der Waals surface area contributed by atoms with Crippen molar-refractivity contribution >= 4 is 21.8 Å². The van der Waals surface area contributed by atoms with E-state index in [4.69, 9.17) is 11.0 Å². The van der Waals surface area contributed by atoms with E-state index < -0.39 is 30.7 Å². The van der Waals surface area contributed by atoms with Crippen molar-refractivity contribution in [3.63, 3.8) is 0 Å². The second-order valence-electron chi connectivity index (χ2n) is 5.86. The first-order valence-electron chi connectivity index (χ1n) is 7.33. The lowest BCUT2D eigenvalue weighted by molar-refractivity contribution is -0.191. The first kappa shape index (κ1) is 20.5. The molecule has 1 aromatic rings. The standard InChI is InChI=1S/C16H19BrF3N3O/c1-10(2)8-13(22)15(24)23(7-6-21)14(16(18,19)20)11-4-3-5-12(17)9-11/h3-5,9-10,13-14H,7-8,22H2,1-2H3/t13-,14?/m0/s1. The Bertz CT molecular complexity index is 613. The Morgan fingerprint density at radius 1 is 1.42 bits per heavy atom. The summed E-state index contributed by atoms with van der Waals surface area (Å²) in [5, 5.41) is 8.90. The largest absolute Gasteiger partial charge is 0.413 e. The molecule has 0 spiro atoms. The van der Waals surface area contributed by atoms with Gasteiger partial charge in [0.25, 0.3) is 0 Å². The number of hydrogen-bond donors (Lipinski definition) is 1. The van der Waals surface area contributed by atoms with E-state index in [2.05, 4.69) is 15.9 Å². The molecule has 0 aliphatic heterocycles. The van der Waals surface area contributed by atoms with Gasteiger partial charge in [-0.25, -0.2) is 0 Å². The normalized spacial score (nSPS) is 14.1. The Labute approximate surface area is 147 Å². The number of amides is 1. The van der Waals surface area contributed by atoms with E-state index in [9.17, 15) is 18.0 Å². The molecular weight excluding hydrogens is 387 g/mol. The third-order valence-electron chi connectivity index (χ3n) is 3.35. The highest BCUT2D eigenvalue weighted by Crippen LogP contribution is 2.38. The fourth-order valence-electron chi connectivity index (χ4n) is 2.42. The highest BCUT2D eigenvalue weighted by molar-refractivity contribution is 9.10. The summed E-state index contributed by atoms with van der Waals surface area (Å²) in [6.07, 6.45) is -4.49. The zero-order valence-corrected chi connectivity index (χ0v) is 14.9. The van der Waals surface area contributed by atoms with E-state index in [1.165, 1.54) is 18.2 Å². The molecule has 1 rings (SSSR count). The summed E-state index contributed by atoms with van der Waals surface area (Å²) < 4.78 is 41.4. The molecule has 132 valence electrons. The van der Waals surface area contributed by atoms with Crippen molar-refractivity contribution in [1.82, 2.24) is 4.90 Å². The maximum atomic E-state index is 13.6. The predicted octanol–water partition coefficient (Wildman–Crippen LogP) is 3.78. The SMILES string of the molecule is CC(C)C[C@H](N)C(=O)N(CC#N)C(c1cccc(Br)c1)C(F)(F)F. The molecule has 0 fully saturated rings. The van der Waals surface area contributed by atoms with Gasteiger partial charge in [-0.15, -0.1) is 0 Å². The van der Waals surface area contributed by atoms with E-state index in [-0.39, 0.29) is 17.9 Å². The third kappa shape index (κ3) is 5.49. The van der Waals surface area contributed by atoms with Crippen molar-refractivity contribution in [1.29, 1.82) is 5.26 Å². The summed E-state index contributed by atoms with van der Waals surface area (Å²) in [4.78, 5) is 13.0. The number of nitrogens with zero attached hydrogens (tertiary/aromatic N) is 2. The Morgan fingerprint density at radius 3 is 2.50 bits per heavy atom. The Morgan fingerprint density at radius 2 is 2.04 bits per heavy atom. The third-order valence-corrected chi connectivity index (χ3v) is 3.85. The highest BCUT2D eigenvalue weighted by atomic mass is 79.9.